The summed E-state index contributed by atoms with van der Waals surface area (Å²) in [5.41, 5.74) is -1.15. The highest BCUT2D eigenvalue weighted by Gasteiger charge is 2.47. The second-order valence-corrected chi connectivity index (χ2v) is 7.72. The zero-order valence-corrected chi connectivity index (χ0v) is 17.1. The zero-order chi connectivity index (χ0) is 23.0. The molecule has 0 saturated carbocycles. The lowest BCUT2D eigenvalue weighted by atomic mass is 10.1. The molecule has 0 aromatic heterocycles. The maximum atomic E-state index is 14.7. The van der Waals surface area contributed by atoms with Crippen molar-refractivity contribution in [2.24, 2.45) is 0 Å². The Morgan fingerprint density at radius 3 is 1.48 bits per heavy atom. The summed E-state index contributed by atoms with van der Waals surface area (Å²) in [5.74, 6) is -9.87. The summed E-state index contributed by atoms with van der Waals surface area (Å²) in [7, 11) is 0. The van der Waals surface area contributed by atoms with Crippen LogP contribution in [0.2, 0.25) is 10.0 Å². The molecule has 0 radical (unpaired) electrons. The van der Waals surface area contributed by atoms with E-state index in [9.17, 15) is 31.9 Å². The number of halogens is 6. The molecule has 11 heteroatoms. The van der Waals surface area contributed by atoms with Gasteiger partial charge in [-0.1, -0.05) is 47.5 Å². The Hall–Kier alpha value is -2.65. The molecule has 1 fully saturated rings. The highest BCUT2D eigenvalue weighted by Crippen LogP contribution is 2.34. The minimum absolute atomic E-state index is 0.00596. The lowest BCUT2D eigenvalue weighted by molar-refractivity contribution is -0.149. The van der Waals surface area contributed by atoms with Gasteiger partial charge in [0.25, 0.3) is 11.8 Å². The van der Waals surface area contributed by atoms with Crippen LogP contribution in [0.25, 0.3) is 0 Å². The standard InChI is InChI=1S/C20H14Cl2F4N2O3/c21-14-5-1-3-12(7-14)19(23,24)10-27-16(29)9-17(30)28(18(27)31)11-20(25,26)13-4-2-6-15(22)8-13/h1-8H,9-11H2. The zero-order valence-electron chi connectivity index (χ0n) is 15.6. The second-order valence-electron chi connectivity index (χ2n) is 6.85. The van der Waals surface area contributed by atoms with Gasteiger partial charge in [-0.2, -0.15) is 17.6 Å². The Bertz CT molecular complexity index is 969. The molecule has 31 heavy (non-hydrogen) atoms. The van der Waals surface area contributed by atoms with Crippen LogP contribution in [0.5, 0.6) is 0 Å². The minimum Gasteiger partial charge on any atom is -0.274 e. The van der Waals surface area contributed by atoms with Crippen LogP contribution in [0.1, 0.15) is 17.5 Å². The average Bonchev–Trinajstić information content (AvgIpc) is 2.68. The average molecular weight is 477 g/mol. The largest absolute Gasteiger partial charge is 0.333 e. The number of urea groups is 1. The van der Waals surface area contributed by atoms with E-state index in [1.807, 2.05) is 0 Å². The lowest BCUT2D eigenvalue weighted by Gasteiger charge is -2.36. The van der Waals surface area contributed by atoms with E-state index in [2.05, 4.69) is 0 Å². The number of barbiturate groups is 1. The molecule has 3 rings (SSSR count). The third kappa shape index (κ3) is 4.99. The number of nitrogens with zero attached hydrogens (tertiary/aromatic N) is 2. The first-order valence-corrected chi connectivity index (χ1v) is 9.59. The van der Waals surface area contributed by atoms with E-state index in [0.29, 0.717) is 0 Å². The molecule has 5 nitrogen and oxygen atoms in total. The van der Waals surface area contributed by atoms with E-state index in [1.165, 1.54) is 24.3 Å². The molecule has 0 bridgehead atoms. The van der Waals surface area contributed by atoms with Crippen molar-refractivity contribution >= 4 is 41.0 Å². The van der Waals surface area contributed by atoms with E-state index in [0.717, 1.165) is 24.3 Å². The number of amides is 4. The monoisotopic (exact) mass is 476 g/mol. The molecule has 0 aliphatic carbocycles. The Labute approximate surface area is 184 Å². The predicted molar refractivity (Wildman–Crippen MR) is 104 cm³/mol. The Kier molecular flexibility index (Phi) is 6.29. The van der Waals surface area contributed by atoms with Gasteiger partial charge in [-0.25, -0.2) is 4.79 Å². The number of rotatable bonds is 6. The highest BCUT2D eigenvalue weighted by molar-refractivity contribution is 6.30. The van der Waals surface area contributed by atoms with Gasteiger partial charge in [0.1, 0.15) is 6.42 Å². The van der Waals surface area contributed by atoms with Gasteiger partial charge in [-0.15, -0.1) is 0 Å². The molecule has 0 unspecified atom stereocenters. The van der Waals surface area contributed by atoms with Gasteiger partial charge in [0.15, 0.2) is 0 Å². The van der Waals surface area contributed by atoms with Crippen molar-refractivity contribution < 1.29 is 31.9 Å². The number of carbonyl (C=O) groups is 3. The van der Waals surface area contributed by atoms with E-state index < -0.39 is 60.3 Å². The summed E-state index contributed by atoms with van der Waals surface area (Å²) in [5, 5.41) is 0.0119. The molecule has 2 aromatic rings. The van der Waals surface area contributed by atoms with Crippen molar-refractivity contribution in [3.05, 3.63) is 69.7 Å². The maximum Gasteiger partial charge on any atom is 0.333 e. The summed E-state index contributed by atoms with van der Waals surface area (Å²) in [6.07, 6.45) is -0.997. The highest BCUT2D eigenvalue weighted by atomic mass is 35.5. The first kappa shape index (κ1) is 23.0. The van der Waals surface area contributed by atoms with Crippen molar-refractivity contribution in [2.45, 2.75) is 18.3 Å². The summed E-state index contributed by atoms with van der Waals surface area (Å²) < 4.78 is 58.7. The van der Waals surface area contributed by atoms with Gasteiger partial charge in [0, 0.05) is 21.2 Å². The van der Waals surface area contributed by atoms with E-state index in [4.69, 9.17) is 23.2 Å². The number of hydrogen-bond acceptors (Lipinski definition) is 3. The fraction of sp³-hybridized carbons (Fsp3) is 0.250. The fourth-order valence-corrected chi connectivity index (χ4v) is 3.38. The van der Waals surface area contributed by atoms with Crippen molar-refractivity contribution in [3.63, 3.8) is 0 Å². The SMILES string of the molecule is O=C1CC(=O)N(CC(F)(F)c2cccc(Cl)c2)C(=O)N1CC(F)(F)c1cccc(Cl)c1. The van der Waals surface area contributed by atoms with Crippen LogP contribution in [-0.2, 0) is 21.4 Å². The Morgan fingerprint density at radius 1 is 0.742 bits per heavy atom. The van der Waals surface area contributed by atoms with Crippen molar-refractivity contribution in [3.8, 4) is 0 Å². The van der Waals surface area contributed by atoms with Gasteiger partial charge in [-0.3, -0.25) is 19.4 Å². The van der Waals surface area contributed by atoms with Crippen LogP contribution in [-0.4, -0.2) is 40.7 Å². The van der Waals surface area contributed by atoms with Crippen LogP contribution in [0.15, 0.2) is 48.5 Å². The predicted octanol–water partition coefficient (Wildman–Crippen LogP) is 5.06. The molecule has 0 spiro atoms. The van der Waals surface area contributed by atoms with Crippen molar-refractivity contribution in [1.82, 2.24) is 9.80 Å². The lowest BCUT2D eigenvalue weighted by Crippen LogP contribution is -2.59. The van der Waals surface area contributed by atoms with Gasteiger partial charge in [-0.05, 0) is 24.3 Å². The van der Waals surface area contributed by atoms with Gasteiger partial charge >= 0.3 is 6.03 Å². The molecule has 1 aliphatic heterocycles. The third-order valence-corrected chi connectivity index (χ3v) is 5.04. The molecule has 0 atom stereocenters. The van der Waals surface area contributed by atoms with Crippen LogP contribution >= 0.6 is 23.2 Å². The summed E-state index contributed by atoms with van der Waals surface area (Å²) >= 11 is 11.4. The summed E-state index contributed by atoms with van der Waals surface area (Å²) in [6.45, 7) is -2.87. The number of imide groups is 2. The van der Waals surface area contributed by atoms with Gasteiger partial charge in [0.2, 0.25) is 11.8 Å². The molecule has 4 amide bonds. The topological polar surface area (TPSA) is 57.7 Å². The quantitative estimate of drug-likeness (QED) is 0.432. The molecule has 1 aliphatic rings. The number of alkyl halides is 4. The summed E-state index contributed by atoms with van der Waals surface area (Å²) in [4.78, 5) is 37.0. The fourth-order valence-electron chi connectivity index (χ4n) is 3.00. The molecule has 0 N–H and O–H groups in total. The number of carbonyl (C=O) groups excluding carboxylic acids is 3. The minimum atomic E-state index is -3.72. The second kappa shape index (κ2) is 8.47. The van der Waals surface area contributed by atoms with E-state index in [1.54, 1.807) is 0 Å². The molecule has 1 heterocycles. The number of hydrogen-bond donors (Lipinski definition) is 0. The third-order valence-electron chi connectivity index (χ3n) is 4.57. The van der Waals surface area contributed by atoms with Gasteiger partial charge in [0.05, 0.1) is 13.1 Å². The van der Waals surface area contributed by atoms with Crippen LogP contribution in [0.3, 0.4) is 0 Å². The van der Waals surface area contributed by atoms with E-state index >= 15 is 0 Å². The first-order chi connectivity index (χ1) is 14.4. The van der Waals surface area contributed by atoms with Crippen molar-refractivity contribution in [2.75, 3.05) is 13.1 Å². The number of benzene rings is 2. The molecule has 2 aromatic carbocycles. The summed E-state index contributed by atoms with van der Waals surface area (Å²) in [6, 6.07) is 7.67. The van der Waals surface area contributed by atoms with Crippen LogP contribution in [0, 0.1) is 0 Å². The van der Waals surface area contributed by atoms with Crippen molar-refractivity contribution in [1.29, 1.82) is 0 Å². The molecule has 164 valence electrons. The normalized spacial score (nSPS) is 15.6. The smallest absolute Gasteiger partial charge is 0.274 e. The van der Waals surface area contributed by atoms with E-state index in [-0.39, 0.29) is 19.8 Å². The molecular weight excluding hydrogens is 463 g/mol. The first-order valence-electron chi connectivity index (χ1n) is 8.83. The Morgan fingerprint density at radius 2 is 1.13 bits per heavy atom. The Balaban J connectivity index is 1.84. The van der Waals surface area contributed by atoms with Crippen LogP contribution in [0.4, 0.5) is 22.4 Å². The van der Waals surface area contributed by atoms with Crippen LogP contribution < -0.4 is 0 Å². The molecular formula is C20H14Cl2F4N2O3. The molecule has 1 saturated heterocycles. The van der Waals surface area contributed by atoms with Gasteiger partial charge < -0.3 is 0 Å². The maximum absolute atomic E-state index is 14.7.